The van der Waals surface area contributed by atoms with Crippen LogP contribution in [0.1, 0.15) is 56.3 Å². The number of pyridine rings is 2. The Bertz CT molecular complexity index is 1430. The lowest BCUT2D eigenvalue weighted by Crippen LogP contribution is -2.29. The number of nitrogens with one attached hydrogen (secondary N) is 1. The summed E-state index contributed by atoms with van der Waals surface area (Å²) in [6.07, 6.45) is 12.8. The van der Waals surface area contributed by atoms with Crippen molar-refractivity contribution in [1.29, 1.82) is 5.26 Å². The van der Waals surface area contributed by atoms with Crippen LogP contribution in [0.4, 0.5) is 4.39 Å². The highest BCUT2D eigenvalue weighted by atomic mass is 32.2. The largest absolute Gasteiger partial charge is 0.320 e. The van der Waals surface area contributed by atoms with Crippen molar-refractivity contribution in [3.05, 3.63) is 60.1 Å². The summed E-state index contributed by atoms with van der Waals surface area (Å²) in [5.74, 6) is -0.396. The van der Waals surface area contributed by atoms with Gasteiger partial charge in [-0.25, -0.2) is 13.9 Å². The van der Waals surface area contributed by atoms with Gasteiger partial charge in [0.2, 0.25) is 0 Å². The quantitative estimate of drug-likeness (QED) is 0.343. The smallest absolute Gasteiger partial charge is 0.155 e. The summed E-state index contributed by atoms with van der Waals surface area (Å²) in [5.41, 5.74) is 4.52. The second kappa shape index (κ2) is 10.0. The van der Waals surface area contributed by atoms with Crippen LogP contribution in [0.2, 0.25) is 0 Å². The number of hydrogen-bond acceptors (Lipinski definition) is 6. The Kier molecular flexibility index (Phi) is 6.82. The van der Waals surface area contributed by atoms with E-state index in [1.165, 1.54) is 37.1 Å². The topological polar surface area (TPSA) is 83.8 Å². The van der Waals surface area contributed by atoms with E-state index in [9.17, 15) is 9.65 Å². The molecule has 7 nitrogen and oxygen atoms in total. The van der Waals surface area contributed by atoms with Crippen molar-refractivity contribution in [1.82, 2.24) is 29.7 Å². The summed E-state index contributed by atoms with van der Waals surface area (Å²) in [6, 6.07) is 7.52. The van der Waals surface area contributed by atoms with Crippen molar-refractivity contribution in [2.45, 2.75) is 61.9 Å². The summed E-state index contributed by atoms with van der Waals surface area (Å²) >= 11 is 1.20. The molecule has 186 valence electrons. The predicted octanol–water partition coefficient (Wildman–Crippen LogP) is 5.79. The molecule has 4 heterocycles. The molecule has 0 aromatic carbocycles. The van der Waals surface area contributed by atoms with Crippen LogP contribution >= 0.6 is 11.8 Å². The van der Waals surface area contributed by atoms with Crippen molar-refractivity contribution in [3.8, 4) is 17.2 Å². The molecular formula is C27H30FN7S. The summed E-state index contributed by atoms with van der Waals surface area (Å²) in [6.45, 7) is 5.56. The second-order valence-electron chi connectivity index (χ2n) is 9.93. The third kappa shape index (κ3) is 4.63. The molecule has 1 saturated carbocycles. The fraction of sp³-hybridized carbons (Fsp3) is 0.407. The van der Waals surface area contributed by atoms with Gasteiger partial charge < -0.3 is 5.32 Å². The SMILES string of the molecule is CNCCC1(C)CCC(n2ncc(-c3cc(Sc4ncccc4F)c4c(C#N)cnn4c3)c2C)CC1. The maximum Gasteiger partial charge on any atom is 0.155 e. The van der Waals surface area contributed by atoms with E-state index >= 15 is 0 Å². The van der Waals surface area contributed by atoms with E-state index in [0.29, 0.717) is 22.5 Å². The average molecular weight is 504 g/mol. The molecule has 0 unspecified atom stereocenters. The lowest BCUT2D eigenvalue weighted by atomic mass is 9.72. The zero-order valence-corrected chi connectivity index (χ0v) is 21.6. The minimum atomic E-state index is -0.396. The molecule has 0 saturated heterocycles. The number of hydrogen-bond donors (Lipinski definition) is 1. The highest BCUT2D eigenvalue weighted by Crippen LogP contribution is 2.44. The van der Waals surface area contributed by atoms with Crippen molar-refractivity contribution in [2.24, 2.45) is 5.41 Å². The zero-order valence-electron chi connectivity index (χ0n) is 20.8. The van der Waals surface area contributed by atoms with Crippen LogP contribution in [-0.2, 0) is 0 Å². The maximum absolute atomic E-state index is 14.4. The first kappa shape index (κ1) is 24.5. The van der Waals surface area contributed by atoms with Gasteiger partial charge in [-0.1, -0.05) is 18.7 Å². The van der Waals surface area contributed by atoms with Crippen LogP contribution in [0.25, 0.3) is 16.6 Å². The van der Waals surface area contributed by atoms with Gasteiger partial charge >= 0.3 is 0 Å². The number of nitriles is 1. The summed E-state index contributed by atoms with van der Waals surface area (Å²) in [4.78, 5) is 4.92. The fourth-order valence-electron chi connectivity index (χ4n) is 5.24. The minimum Gasteiger partial charge on any atom is -0.320 e. The second-order valence-corrected chi connectivity index (χ2v) is 11.0. The Labute approximate surface area is 214 Å². The number of halogens is 1. The van der Waals surface area contributed by atoms with Crippen molar-refractivity contribution in [3.63, 3.8) is 0 Å². The molecule has 1 N–H and O–H groups in total. The van der Waals surface area contributed by atoms with E-state index in [1.54, 1.807) is 23.0 Å². The Morgan fingerprint density at radius 3 is 2.81 bits per heavy atom. The molecule has 9 heteroatoms. The minimum absolute atomic E-state index is 0.262. The molecule has 0 spiro atoms. The van der Waals surface area contributed by atoms with Crippen LogP contribution in [0.15, 0.2) is 52.9 Å². The van der Waals surface area contributed by atoms with E-state index < -0.39 is 5.82 Å². The molecule has 1 aliphatic rings. The summed E-state index contributed by atoms with van der Waals surface area (Å²) in [5, 5.41) is 22.4. The number of rotatable bonds is 7. The first-order chi connectivity index (χ1) is 17.4. The third-order valence-corrected chi connectivity index (χ3v) is 8.50. The lowest BCUT2D eigenvalue weighted by Gasteiger charge is -2.38. The molecule has 4 aromatic rings. The first-order valence-corrected chi connectivity index (χ1v) is 13.1. The van der Waals surface area contributed by atoms with Gasteiger partial charge in [-0.3, -0.25) is 4.68 Å². The number of nitrogens with zero attached hydrogens (tertiary/aromatic N) is 6. The monoisotopic (exact) mass is 503 g/mol. The predicted molar refractivity (Wildman–Crippen MR) is 138 cm³/mol. The summed E-state index contributed by atoms with van der Waals surface area (Å²) in [7, 11) is 2.02. The van der Waals surface area contributed by atoms with E-state index in [2.05, 4.69) is 40.0 Å². The molecule has 5 rings (SSSR count). The molecule has 36 heavy (non-hydrogen) atoms. The molecule has 1 fully saturated rings. The standard InChI is InChI=1S/C27H30FN7S/c1-18-22(16-33-35(18)21-6-8-27(2,9-7-21)10-12-30-3)19-13-24(36-26-23(28)5-4-11-31-26)25-20(14-29)15-32-34(25)17-19/h4-5,11,13,15-17,21,30H,6-10,12H2,1-3H3. The van der Waals surface area contributed by atoms with Gasteiger partial charge in [0.25, 0.3) is 0 Å². The Balaban J connectivity index is 1.48. The normalized spacial score (nSPS) is 20.0. The van der Waals surface area contributed by atoms with Crippen LogP contribution in [0.3, 0.4) is 0 Å². The number of aromatic nitrogens is 5. The summed E-state index contributed by atoms with van der Waals surface area (Å²) < 4.78 is 18.3. The van der Waals surface area contributed by atoms with Crippen molar-refractivity contribution >= 4 is 17.3 Å². The lowest BCUT2D eigenvalue weighted by molar-refractivity contribution is 0.153. The molecule has 0 radical (unpaired) electrons. The van der Waals surface area contributed by atoms with Crippen molar-refractivity contribution in [2.75, 3.05) is 13.6 Å². The maximum atomic E-state index is 14.4. The van der Waals surface area contributed by atoms with Gasteiger partial charge in [-0.15, -0.1) is 0 Å². The van der Waals surface area contributed by atoms with Crippen LogP contribution in [0.5, 0.6) is 0 Å². The first-order valence-electron chi connectivity index (χ1n) is 12.3. The van der Waals surface area contributed by atoms with Gasteiger partial charge in [-0.2, -0.15) is 15.5 Å². The average Bonchev–Trinajstić information content (AvgIpc) is 3.48. The molecule has 0 bridgehead atoms. The van der Waals surface area contributed by atoms with E-state index in [4.69, 9.17) is 5.10 Å². The van der Waals surface area contributed by atoms with Crippen LogP contribution in [0, 0.1) is 29.5 Å². The molecule has 4 aromatic heterocycles. The van der Waals surface area contributed by atoms with Gasteiger partial charge in [-0.05, 0) is 76.2 Å². The third-order valence-electron chi connectivity index (χ3n) is 7.47. The highest BCUT2D eigenvalue weighted by Gasteiger charge is 2.32. The number of fused-ring (bicyclic) bond motifs is 1. The zero-order chi connectivity index (χ0) is 25.3. The van der Waals surface area contributed by atoms with Gasteiger partial charge in [0.05, 0.1) is 29.5 Å². The van der Waals surface area contributed by atoms with Crippen LogP contribution < -0.4 is 5.32 Å². The fourth-order valence-corrected chi connectivity index (χ4v) is 6.21. The van der Waals surface area contributed by atoms with Crippen LogP contribution in [-0.4, -0.2) is 38.0 Å². The Hall–Kier alpha value is -3.22. The van der Waals surface area contributed by atoms with Crippen molar-refractivity contribution < 1.29 is 4.39 Å². The van der Waals surface area contributed by atoms with Gasteiger partial charge in [0, 0.05) is 34.1 Å². The molecule has 0 amide bonds. The van der Waals surface area contributed by atoms with E-state index in [1.807, 2.05) is 25.5 Å². The Morgan fingerprint density at radius 1 is 1.28 bits per heavy atom. The highest BCUT2D eigenvalue weighted by molar-refractivity contribution is 7.99. The molecule has 1 aliphatic carbocycles. The van der Waals surface area contributed by atoms with E-state index in [-0.39, 0.29) is 5.03 Å². The van der Waals surface area contributed by atoms with Gasteiger partial charge in [0.15, 0.2) is 5.82 Å². The molecule has 0 aliphatic heterocycles. The van der Waals surface area contributed by atoms with E-state index in [0.717, 1.165) is 41.1 Å². The molecule has 0 atom stereocenters. The molecular weight excluding hydrogens is 473 g/mol. The Morgan fingerprint density at radius 2 is 2.08 bits per heavy atom. The van der Waals surface area contributed by atoms with Gasteiger partial charge in [0.1, 0.15) is 11.1 Å².